The number of amides is 1. The number of nitrogens with one attached hydrogen (secondary N) is 2. The molecule has 0 bridgehead atoms. The van der Waals surface area contributed by atoms with Gasteiger partial charge in [0.05, 0.1) is 27.2 Å². The highest BCUT2D eigenvalue weighted by Crippen LogP contribution is 2.19. The van der Waals surface area contributed by atoms with Gasteiger partial charge in [0, 0.05) is 30.1 Å². The lowest BCUT2D eigenvalue weighted by Gasteiger charge is -2.23. The minimum atomic E-state index is 0.250. The van der Waals surface area contributed by atoms with Gasteiger partial charge in [0.2, 0.25) is 5.91 Å². The molecule has 27 heavy (non-hydrogen) atoms. The van der Waals surface area contributed by atoms with Crippen molar-refractivity contribution in [3.8, 4) is 0 Å². The molecule has 0 unspecified atom stereocenters. The van der Waals surface area contributed by atoms with Crippen molar-refractivity contribution >= 4 is 16.8 Å². The number of benzene rings is 2. The van der Waals surface area contributed by atoms with Crippen LogP contribution in [0.4, 0.5) is 0 Å². The lowest BCUT2D eigenvalue weighted by molar-refractivity contribution is -0.857. The monoisotopic (exact) mass is 364 g/mol. The lowest BCUT2D eigenvalue weighted by Crippen LogP contribution is -3.06. The van der Waals surface area contributed by atoms with Gasteiger partial charge in [0.1, 0.15) is 0 Å². The molecule has 0 saturated carbocycles. The molecule has 4 nitrogen and oxygen atoms in total. The molecular formula is C23H30N3O+. The summed E-state index contributed by atoms with van der Waals surface area (Å²) in [5.41, 5.74) is 3.65. The molecule has 0 aliphatic rings. The quantitative estimate of drug-likeness (QED) is 0.602. The van der Waals surface area contributed by atoms with E-state index < -0.39 is 0 Å². The van der Waals surface area contributed by atoms with Crippen LogP contribution in [0, 0.1) is 0 Å². The molecule has 1 aromatic heterocycles. The van der Waals surface area contributed by atoms with Gasteiger partial charge < -0.3 is 14.8 Å². The van der Waals surface area contributed by atoms with E-state index in [0.29, 0.717) is 13.0 Å². The van der Waals surface area contributed by atoms with E-state index in [-0.39, 0.29) is 5.91 Å². The van der Waals surface area contributed by atoms with Crippen molar-refractivity contribution in [3.63, 3.8) is 0 Å². The number of carbonyl (C=O) groups is 1. The van der Waals surface area contributed by atoms with Gasteiger partial charge in [0.15, 0.2) is 0 Å². The van der Waals surface area contributed by atoms with Gasteiger partial charge in [-0.15, -0.1) is 0 Å². The Balaban J connectivity index is 1.58. The number of H-pyrrole nitrogens is 1. The van der Waals surface area contributed by atoms with Crippen molar-refractivity contribution < 1.29 is 9.69 Å². The summed E-state index contributed by atoms with van der Waals surface area (Å²) in [6.45, 7) is 2.45. The molecule has 1 heterocycles. The Labute approximate surface area is 161 Å². The fourth-order valence-corrected chi connectivity index (χ4v) is 3.38. The number of aryl methyl sites for hydroxylation is 1. The Morgan fingerprint density at radius 1 is 1.04 bits per heavy atom. The highest BCUT2D eigenvalue weighted by molar-refractivity contribution is 5.83. The van der Waals surface area contributed by atoms with Gasteiger partial charge in [-0.3, -0.25) is 4.79 Å². The standard InChI is InChI=1S/C23H29N3O/c1-25(2)15-16-26(18-19-9-4-3-5-10-19)23(27)14-8-11-20-17-24-22-13-7-6-12-21(20)22/h3-7,9-10,12-13,17,24H,8,11,14-16,18H2,1-2H3/p+1. The molecule has 142 valence electrons. The SMILES string of the molecule is C[NH+](C)CCN(Cc1ccccc1)C(=O)CCCc1c[nH]c2ccccc12. The van der Waals surface area contributed by atoms with Crippen molar-refractivity contribution in [1.29, 1.82) is 0 Å². The van der Waals surface area contributed by atoms with Gasteiger partial charge in [-0.05, 0) is 30.0 Å². The molecule has 1 amide bonds. The van der Waals surface area contributed by atoms with Crippen LogP contribution in [-0.4, -0.2) is 43.0 Å². The van der Waals surface area contributed by atoms with Crippen LogP contribution in [-0.2, 0) is 17.8 Å². The zero-order chi connectivity index (χ0) is 19.1. The fourth-order valence-electron chi connectivity index (χ4n) is 3.38. The van der Waals surface area contributed by atoms with E-state index in [1.165, 1.54) is 26.9 Å². The largest absolute Gasteiger partial charge is 0.361 e. The summed E-state index contributed by atoms with van der Waals surface area (Å²) in [4.78, 5) is 19.5. The molecule has 3 aromatic rings. The zero-order valence-corrected chi connectivity index (χ0v) is 16.4. The van der Waals surface area contributed by atoms with Crippen LogP contribution >= 0.6 is 0 Å². The number of aromatic nitrogens is 1. The minimum Gasteiger partial charge on any atom is -0.361 e. The van der Waals surface area contributed by atoms with Crippen LogP contribution in [0.2, 0.25) is 0 Å². The maximum Gasteiger partial charge on any atom is 0.223 e. The Bertz CT molecular complexity index is 854. The van der Waals surface area contributed by atoms with Crippen LogP contribution in [0.15, 0.2) is 60.8 Å². The Hall–Kier alpha value is -2.59. The van der Waals surface area contributed by atoms with Crippen molar-refractivity contribution in [1.82, 2.24) is 9.88 Å². The van der Waals surface area contributed by atoms with Gasteiger partial charge >= 0.3 is 0 Å². The minimum absolute atomic E-state index is 0.250. The molecule has 0 fully saturated rings. The third kappa shape index (κ3) is 5.44. The number of para-hydroxylation sites is 1. The predicted molar refractivity (Wildman–Crippen MR) is 111 cm³/mol. The molecular weight excluding hydrogens is 334 g/mol. The number of hydrogen-bond donors (Lipinski definition) is 2. The van der Waals surface area contributed by atoms with Crippen molar-refractivity contribution in [2.45, 2.75) is 25.8 Å². The normalized spacial score (nSPS) is 11.2. The molecule has 0 aliphatic heterocycles. The van der Waals surface area contributed by atoms with Crippen molar-refractivity contribution in [2.24, 2.45) is 0 Å². The van der Waals surface area contributed by atoms with Gasteiger partial charge in [-0.1, -0.05) is 48.5 Å². The summed E-state index contributed by atoms with van der Waals surface area (Å²) in [6, 6.07) is 18.6. The first kappa shape index (κ1) is 19.2. The Morgan fingerprint density at radius 3 is 2.56 bits per heavy atom. The van der Waals surface area contributed by atoms with E-state index in [1.807, 2.05) is 29.2 Å². The Kier molecular flexibility index (Phi) is 6.66. The smallest absolute Gasteiger partial charge is 0.223 e. The summed E-state index contributed by atoms with van der Waals surface area (Å²) in [6.07, 6.45) is 4.47. The molecule has 0 saturated heterocycles. The van der Waals surface area contributed by atoms with E-state index >= 15 is 0 Å². The predicted octanol–water partition coefficient (Wildman–Crippen LogP) is 2.66. The molecule has 4 heteroatoms. The van der Waals surface area contributed by atoms with E-state index in [4.69, 9.17) is 0 Å². The van der Waals surface area contributed by atoms with Crippen molar-refractivity contribution in [2.75, 3.05) is 27.2 Å². The summed E-state index contributed by atoms with van der Waals surface area (Å²) in [7, 11) is 4.25. The second-order valence-electron chi connectivity index (χ2n) is 7.47. The molecule has 0 spiro atoms. The number of hydrogen-bond acceptors (Lipinski definition) is 1. The van der Waals surface area contributed by atoms with E-state index in [2.05, 4.69) is 55.6 Å². The van der Waals surface area contributed by atoms with Crippen molar-refractivity contribution in [3.05, 3.63) is 71.9 Å². The van der Waals surface area contributed by atoms with Crippen LogP contribution < -0.4 is 4.90 Å². The van der Waals surface area contributed by atoms with Crippen LogP contribution in [0.5, 0.6) is 0 Å². The number of likely N-dealkylation sites (N-methyl/N-ethyl adjacent to an activating group) is 1. The second-order valence-corrected chi connectivity index (χ2v) is 7.47. The van der Waals surface area contributed by atoms with Crippen LogP contribution in [0.25, 0.3) is 10.9 Å². The summed E-state index contributed by atoms with van der Waals surface area (Å²) in [5, 5.41) is 1.27. The number of rotatable bonds is 9. The average molecular weight is 365 g/mol. The molecule has 0 atom stereocenters. The summed E-state index contributed by atoms with van der Waals surface area (Å²) in [5.74, 6) is 0.250. The fraction of sp³-hybridized carbons (Fsp3) is 0.348. The Morgan fingerprint density at radius 2 is 1.78 bits per heavy atom. The number of quaternary nitrogens is 1. The molecule has 0 radical (unpaired) electrons. The zero-order valence-electron chi connectivity index (χ0n) is 16.4. The third-order valence-corrected chi connectivity index (χ3v) is 4.96. The maximum absolute atomic E-state index is 12.9. The first-order valence-corrected chi connectivity index (χ1v) is 9.79. The van der Waals surface area contributed by atoms with Crippen LogP contribution in [0.3, 0.4) is 0 Å². The lowest BCUT2D eigenvalue weighted by atomic mass is 10.1. The van der Waals surface area contributed by atoms with E-state index in [1.54, 1.807) is 0 Å². The first-order valence-electron chi connectivity index (χ1n) is 9.79. The molecule has 2 aromatic carbocycles. The molecule has 2 N–H and O–H groups in total. The van der Waals surface area contributed by atoms with Crippen LogP contribution in [0.1, 0.15) is 24.0 Å². The maximum atomic E-state index is 12.9. The first-order chi connectivity index (χ1) is 13.1. The number of nitrogens with zero attached hydrogens (tertiary/aromatic N) is 1. The molecule has 0 aliphatic carbocycles. The second kappa shape index (κ2) is 9.38. The van der Waals surface area contributed by atoms with Gasteiger partial charge in [-0.25, -0.2) is 0 Å². The summed E-state index contributed by atoms with van der Waals surface area (Å²) < 4.78 is 0. The van der Waals surface area contributed by atoms with Gasteiger partial charge in [-0.2, -0.15) is 0 Å². The van der Waals surface area contributed by atoms with E-state index in [0.717, 1.165) is 25.9 Å². The highest BCUT2D eigenvalue weighted by Gasteiger charge is 2.15. The molecule has 3 rings (SSSR count). The average Bonchev–Trinajstić information content (AvgIpc) is 3.09. The summed E-state index contributed by atoms with van der Waals surface area (Å²) >= 11 is 0. The van der Waals surface area contributed by atoms with E-state index in [9.17, 15) is 4.79 Å². The van der Waals surface area contributed by atoms with Gasteiger partial charge in [0.25, 0.3) is 0 Å². The number of fused-ring (bicyclic) bond motifs is 1. The number of carbonyl (C=O) groups excluding carboxylic acids is 1. The number of aromatic amines is 1. The highest BCUT2D eigenvalue weighted by atomic mass is 16.2. The topological polar surface area (TPSA) is 40.5 Å². The third-order valence-electron chi connectivity index (χ3n) is 4.96.